The molecule has 0 radical (unpaired) electrons. The van der Waals surface area contributed by atoms with Crippen LogP contribution in [0.15, 0.2) is 59.6 Å². The van der Waals surface area contributed by atoms with Crippen molar-refractivity contribution in [1.29, 1.82) is 0 Å². The highest BCUT2D eigenvalue weighted by atomic mass is 32.1. The average molecular weight is 465 g/mol. The first-order valence-corrected chi connectivity index (χ1v) is 11.4. The van der Waals surface area contributed by atoms with Crippen LogP contribution in [-0.2, 0) is 4.79 Å². The van der Waals surface area contributed by atoms with Gasteiger partial charge < -0.3 is 20.1 Å². The van der Waals surface area contributed by atoms with Gasteiger partial charge in [-0.2, -0.15) is 0 Å². The number of thiophene rings is 1. The number of aryl methyl sites for hydroxylation is 2. The number of hydrogen-bond donors (Lipinski definition) is 2. The molecule has 1 heterocycles. The summed E-state index contributed by atoms with van der Waals surface area (Å²) in [5.41, 5.74) is 3.75. The van der Waals surface area contributed by atoms with Crippen LogP contribution in [0.2, 0.25) is 0 Å². The van der Waals surface area contributed by atoms with Crippen molar-refractivity contribution in [3.63, 3.8) is 0 Å². The Morgan fingerprint density at radius 2 is 1.76 bits per heavy atom. The Kier molecular flexibility index (Phi) is 7.90. The van der Waals surface area contributed by atoms with Gasteiger partial charge in [0.15, 0.2) is 11.5 Å². The third-order valence-corrected chi connectivity index (χ3v) is 6.04. The van der Waals surface area contributed by atoms with Crippen molar-refractivity contribution >= 4 is 29.2 Å². The van der Waals surface area contributed by atoms with E-state index in [1.165, 1.54) is 25.6 Å². The van der Waals surface area contributed by atoms with Gasteiger partial charge in [-0.15, -0.1) is 11.3 Å². The van der Waals surface area contributed by atoms with Crippen LogP contribution in [-0.4, -0.2) is 26.0 Å². The quantitative estimate of drug-likeness (QED) is 0.459. The Labute approximate surface area is 198 Å². The zero-order chi connectivity index (χ0) is 24.0. The lowest BCUT2D eigenvalue weighted by atomic mass is 10.00. The summed E-state index contributed by atoms with van der Waals surface area (Å²) in [6.45, 7) is 5.96. The molecule has 0 aliphatic heterocycles. The number of carbonyl (C=O) groups excluding carboxylic acids is 2. The number of hydrogen-bond acceptors (Lipinski definition) is 5. The predicted molar refractivity (Wildman–Crippen MR) is 132 cm³/mol. The minimum atomic E-state index is -0.423. The first-order valence-electron chi connectivity index (χ1n) is 10.5. The summed E-state index contributed by atoms with van der Waals surface area (Å²) in [5.74, 6) is 0.157. The maximum absolute atomic E-state index is 13.2. The molecule has 3 aromatic rings. The third-order valence-electron chi connectivity index (χ3n) is 5.22. The third kappa shape index (κ3) is 6.02. The number of benzene rings is 2. The second kappa shape index (κ2) is 10.8. The Morgan fingerprint density at radius 3 is 2.42 bits per heavy atom. The summed E-state index contributed by atoms with van der Waals surface area (Å²) in [6.07, 6.45) is 1.68. The van der Waals surface area contributed by atoms with E-state index in [0.717, 1.165) is 21.6 Å². The van der Waals surface area contributed by atoms with Crippen molar-refractivity contribution in [1.82, 2.24) is 10.6 Å². The predicted octanol–water partition coefficient (Wildman–Crippen LogP) is 5.03. The van der Waals surface area contributed by atoms with E-state index < -0.39 is 5.91 Å². The van der Waals surface area contributed by atoms with Crippen LogP contribution in [0.3, 0.4) is 0 Å². The van der Waals surface area contributed by atoms with E-state index in [-0.39, 0.29) is 17.6 Å². The van der Waals surface area contributed by atoms with E-state index in [2.05, 4.69) is 16.7 Å². The molecule has 3 rings (SSSR count). The number of ether oxygens (including phenoxy) is 2. The highest BCUT2D eigenvalue weighted by Gasteiger charge is 2.19. The van der Waals surface area contributed by atoms with Crippen LogP contribution in [0.5, 0.6) is 11.5 Å². The van der Waals surface area contributed by atoms with E-state index in [1.807, 2.05) is 50.4 Å². The summed E-state index contributed by atoms with van der Waals surface area (Å²) in [6, 6.07) is 14.5. The second-order valence-corrected chi connectivity index (χ2v) is 8.63. The van der Waals surface area contributed by atoms with Gasteiger partial charge in [0, 0.05) is 10.4 Å². The minimum Gasteiger partial charge on any atom is -0.493 e. The fraction of sp³-hybridized carbons (Fsp3) is 0.231. The van der Waals surface area contributed by atoms with Crippen molar-refractivity contribution in [2.45, 2.75) is 26.8 Å². The van der Waals surface area contributed by atoms with Crippen LogP contribution < -0.4 is 20.1 Å². The van der Waals surface area contributed by atoms with E-state index in [0.29, 0.717) is 17.1 Å². The molecule has 172 valence electrons. The Morgan fingerprint density at radius 1 is 1.00 bits per heavy atom. The van der Waals surface area contributed by atoms with Gasteiger partial charge in [0.25, 0.3) is 11.8 Å². The van der Waals surface area contributed by atoms with Crippen LogP contribution >= 0.6 is 11.3 Å². The summed E-state index contributed by atoms with van der Waals surface area (Å²) in [5, 5.41) is 7.69. The highest BCUT2D eigenvalue weighted by molar-refractivity contribution is 7.10. The number of methoxy groups -OCH3 is 2. The molecule has 0 aliphatic carbocycles. The fourth-order valence-electron chi connectivity index (χ4n) is 3.42. The van der Waals surface area contributed by atoms with E-state index in [1.54, 1.807) is 24.3 Å². The molecule has 2 aromatic carbocycles. The molecule has 0 saturated heterocycles. The molecule has 0 aliphatic rings. The van der Waals surface area contributed by atoms with Gasteiger partial charge in [0.1, 0.15) is 5.70 Å². The van der Waals surface area contributed by atoms with Gasteiger partial charge >= 0.3 is 0 Å². The lowest BCUT2D eigenvalue weighted by molar-refractivity contribution is -0.118. The fourth-order valence-corrected chi connectivity index (χ4v) is 4.08. The molecule has 7 heteroatoms. The second-order valence-electron chi connectivity index (χ2n) is 7.65. The molecule has 6 nitrogen and oxygen atoms in total. The van der Waals surface area contributed by atoms with Gasteiger partial charge in [0.05, 0.1) is 20.3 Å². The molecule has 0 spiro atoms. The van der Waals surface area contributed by atoms with Crippen molar-refractivity contribution in [2.75, 3.05) is 14.2 Å². The van der Waals surface area contributed by atoms with Crippen molar-refractivity contribution in [3.05, 3.63) is 86.7 Å². The minimum absolute atomic E-state index is 0.161. The molecule has 0 saturated carbocycles. The molecule has 1 atom stereocenters. The normalized spacial score (nSPS) is 12.1. The molecular formula is C26H28N2O4S. The molecule has 2 N–H and O–H groups in total. The highest BCUT2D eigenvalue weighted by Crippen LogP contribution is 2.27. The Balaban J connectivity index is 1.85. The number of amides is 2. The topological polar surface area (TPSA) is 76.7 Å². The zero-order valence-electron chi connectivity index (χ0n) is 19.4. The Hall–Kier alpha value is -3.58. The van der Waals surface area contributed by atoms with Crippen molar-refractivity contribution < 1.29 is 19.1 Å². The molecule has 0 bridgehead atoms. The summed E-state index contributed by atoms with van der Waals surface area (Å²) < 4.78 is 10.5. The summed E-state index contributed by atoms with van der Waals surface area (Å²) in [4.78, 5) is 27.0. The molecule has 0 fully saturated rings. The standard InChI is InChI=1S/C26H28N2O4S/c1-16-8-9-17(2)21(13-16)18(3)27-26(30)22(15-20-7-6-12-33-20)28-25(29)19-10-11-23(31-4)24(14-19)32-5/h6-15,18H,1-5H3,(H,27,30)(H,28,29)/b22-15-/t18-/m1/s1. The van der Waals surface area contributed by atoms with Crippen molar-refractivity contribution in [2.24, 2.45) is 0 Å². The lowest BCUT2D eigenvalue weighted by Gasteiger charge is -2.19. The van der Waals surface area contributed by atoms with Crippen molar-refractivity contribution in [3.8, 4) is 11.5 Å². The lowest BCUT2D eigenvalue weighted by Crippen LogP contribution is -2.36. The maximum atomic E-state index is 13.2. The van der Waals surface area contributed by atoms with E-state index in [9.17, 15) is 9.59 Å². The number of rotatable bonds is 8. The molecule has 1 aromatic heterocycles. The molecular weight excluding hydrogens is 436 g/mol. The first-order chi connectivity index (χ1) is 15.8. The van der Waals surface area contributed by atoms with Crippen LogP contribution in [0.1, 0.15) is 44.9 Å². The van der Waals surface area contributed by atoms with Gasteiger partial charge in [-0.05, 0) is 67.6 Å². The summed E-state index contributed by atoms with van der Waals surface area (Å²) in [7, 11) is 3.03. The van der Waals surface area contributed by atoms with Crippen LogP contribution in [0.25, 0.3) is 6.08 Å². The first kappa shape index (κ1) is 24.1. The monoisotopic (exact) mass is 464 g/mol. The van der Waals surface area contributed by atoms with Crippen LogP contribution in [0.4, 0.5) is 0 Å². The van der Waals surface area contributed by atoms with E-state index >= 15 is 0 Å². The van der Waals surface area contributed by atoms with Gasteiger partial charge in [0.2, 0.25) is 0 Å². The molecule has 33 heavy (non-hydrogen) atoms. The average Bonchev–Trinajstić information content (AvgIpc) is 3.32. The summed E-state index contributed by atoms with van der Waals surface area (Å²) >= 11 is 1.48. The largest absolute Gasteiger partial charge is 0.493 e. The van der Waals surface area contributed by atoms with Crippen LogP contribution in [0, 0.1) is 13.8 Å². The van der Waals surface area contributed by atoms with E-state index in [4.69, 9.17) is 9.47 Å². The smallest absolute Gasteiger partial charge is 0.268 e. The van der Waals surface area contributed by atoms with Gasteiger partial charge in [-0.25, -0.2) is 0 Å². The molecule has 0 unspecified atom stereocenters. The molecule has 2 amide bonds. The SMILES string of the molecule is COc1ccc(C(=O)N/C(=C\c2cccs2)C(=O)N[C@H](C)c2cc(C)ccc2C)cc1OC. The Bertz CT molecular complexity index is 1170. The number of carbonyl (C=O) groups is 2. The number of nitrogens with one attached hydrogen (secondary N) is 2. The zero-order valence-corrected chi connectivity index (χ0v) is 20.2. The van der Waals surface area contributed by atoms with Gasteiger partial charge in [-0.3, -0.25) is 9.59 Å². The maximum Gasteiger partial charge on any atom is 0.268 e. The van der Waals surface area contributed by atoms with Gasteiger partial charge in [-0.1, -0.05) is 29.8 Å².